The van der Waals surface area contributed by atoms with Crippen LogP contribution in [0.5, 0.6) is 0 Å². The fraction of sp³-hybridized carbons (Fsp3) is 0.545. The molecule has 3 heterocycles. The van der Waals surface area contributed by atoms with Crippen LogP contribution in [0, 0.1) is 0 Å². The van der Waals surface area contributed by atoms with Gasteiger partial charge in [0.05, 0.1) is 11.8 Å². The Morgan fingerprint density at radius 2 is 2.12 bits per heavy atom. The van der Waals surface area contributed by atoms with Gasteiger partial charge in [0, 0.05) is 20.0 Å². The van der Waals surface area contributed by atoms with Crippen molar-refractivity contribution in [1.29, 1.82) is 0 Å². The lowest BCUT2D eigenvalue weighted by molar-refractivity contribution is 0.637. The summed E-state index contributed by atoms with van der Waals surface area (Å²) in [5.41, 5.74) is 6.87. The van der Waals surface area contributed by atoms with Crippen molar-refractivity contribution in [2.24, 2.45) is 7.05 Å². The predicted octanol–water partition coefficient (Wildman–Crippen LogP) is 0.987. The third kappa shape index (κ3) is 1.60. The number of nitrogens with two attached hydrogens (primary N) is 1. The highest BCUT2D eigenvalue weighted by Gasteiger charge is 2.19. The van der Waals surface area contributed by atoms with Gasteiger partial charge in [-0.25, -0.2) is 0 Å². The lowest BCUT2D eigenvalue weighted by Crippen LogP contribution is -2.04. The zero-order chi connectivity index (χ0) is 11.8. The summed E-state index contributed by atoms with van der Waals surface area (Å²) in [7, 11) is 1.83. The van der Waals surface area contributed by atoms with Crippen LogP contribution in [0.2, 0.25) is 0 Å². The smallest absolute Gasteiger partial charge is 0.169 e. The Labute approximate surface area is 99.4 Å². The van der Waals surface area contributed by atoms with Crippen LogP contribution in [0.1, 0.15) is 25.1 Å². The van der Waals surface area contributed by atoms with E-state index in [1.807, 2.05) is 7.05 Å². The Morgan fingerprint density at radius 3 is 2.88 bits per heavy atom. The molecule has 0 fully saturated rings. The highest BCUT2D eigenvalue weighted by molar-refractivity contribution is 5.68. The number of nitrogen functional groups attached to an aromatic ring is 1. The minimum atomic E-state index is 0.643. The molecule has 0 saturated heterocycles. The van der Waals surface area contributed by atoms with Crippen LogP contribution in [-0.2, 0) is 20.0 Å². The van der Waals surface area contributed by atoms with Gasteiger partial charge in [0.2, 0.25) is 0 Å². The summed E-state index contributed by atoms with van der Waals surface area (Å²) in [5, 5.41) is 12.7. The SMILES string of the molecule is Cn1ncc(-c2nnc3n2CCCCC3)c1N. The van der Waals surface area contributed by atoms with Crippen molar-refractivity contribution in [2.45, 2.75) is 32.2 Å². The average Bonchev–Trinajstić information content (AvgIpc) is 2.76. The zero-order valence-electron chi connectivity index (χ0n) is 9.93. The third-order valence-corrected chi connectivity index (χ3v) is 3.34. The van der Waals surface area contributed by atoms with Gasteiger partial charge in [-0.3, -0.25) is 4.68 Å². The van der Waals surface area contributed by atoms with Gasteiger partial charge in [-0.15, -0.1) is 10.2 Å². The summed E-state index contributed by atoms with van der Waals surface area (Å²) < 4.78 is 3.84. The average molecular weight is 232 g/mol. The van der Waals surface area contributed by atoms with Gasteiger partial charge in [-0.05, 0) is 12.8 Å². The van der Waals surface area contributed by atoms with Crippen LogP contribution >= 0.6 is 0 Å². The van der Waals surface area contributed by atoms with Gasteiger partial charge in [0.25, 0.3) is 0 Å². The number of anilines is 1. The van der Waals surface area contributed by atoms with Crippen molar-refractivity contribution in [3.05, 3.63) is 12.0 Å². The summed E-state index contributed by atoms with van der Waals surface area (Å²) in [4.78, 5) is 0. The maximum atomic E-state index is 5.99. The molecule has 0 saturated carbocycles. The Kier molecular flexibility index (Phi) is 2.35. The number of fused-ring (bicyclic) bond motifs is 1. The Balaban J connectivity index is 2.09. The second-order valence-electron chi connectivity index (χ2n) is 4.47. The Hall–Kier alpha value is -1.85. The quantitative estimate of drug-likeness (QED) is 0.795. The number of hydrogen-bond acceptors (Lipinski definition) is 4. The van der Waals surface area contributed by atoms with Crippen molar-refractivity contribution >= 4 is 5.82 Å². The zero-order valence-corrected chi connectivity index (χ0v) is 9.93. The summed E-state index contributed by atoms with van der Waals surface area (Å²) in [6.45, 7) is 0.978. The number of nitrogens with zero attached hydrogens (tertiary/aromatic N) is 5. The minimum Gasteiger partial charge on any atom is -0.383 e. The molecule has 0 aliphatic carbocycles. The van der Waals surface area contributed by atoms with Gasteiger partial charge >= 0.3 is 0 Å². The van der Waals surface area contributed by atoms with Crippen LogP contribution in [0.25, 0.3) is 11.4 Å². The second kappa shape index (κ2) is 3.87. The summed E-state index contributed by atoms with van der Waals surface area (Å²) in [6.07, 6.45) is 6.40. The first-order valence-electron chi connectivity index (χ1n) is 5.97. The molecule has 2 N–H and O–H groups in total. The first kappa shape index (κ1) is 10.3. The maximum Gasteiger partial charge on any atom is 0.169 e. The van der Waals surface area contributed by atoms with Crippen LogP contribution in [0.15, 0.2) is 6.20 Å². The second-order valence-corrected chi connectivity index (χ2v) is 4.47. The van der Waals surface area contributed by atoms with Crippen molar-refractivity contribution in [1.82, 2.24) is 24.5 Å². The minimum absolute atomic E-state index is 0.643. The summed E-state index contributed by atoms with van der Waals surface area (Å²) in [6, 6.07) is 0. The van der Waals surface area contributed by atoms with Crippen LogP contribution in [-0.4, -0.2) is 24.5 Å². The molecule has 0 unspecified atom stereocenters. The van der Waals surface area contributed by atoms with Crippen molar-refractivity contribution in [3.63, 3.8) is 0 Å². The number of aromatic nitrogens is 5. The first-order chi connectivity index (χ1) is 8.27. The summed E-state index contributed by atoms with van der Waals surface area (Å²) >= 11 is 0. The molecule has 6 nitrogen and oxygen atoms in total. The normalized spacial score (nSPS) is 15.6. The van der Waals surface area contributed by atoms with E-state index >= 15 is 0 Å². The maximum absolute atomic E-state index is 5.99. The lowest BCUT2D eigenvalue weighted by atomic mass is 10.2. The first-order valence-corrected chi connectivity index (χ1v) is 5.97. The van der Waals surface area contributed by atoms with Crippen molar-refractivity contribution in [2.75, 3.05) is 5.73 Å². The van der Waals surface area contributed by atoms with Crippen LogP contribution in [0.3, 0.4) is 0 Å². The molecule has 1 aliphatic rings. The number of aryl methyl sites for hydroxylation is 2. The lowest BCUT2D eigenvalue weighted by Gasteiger charge is -2.05. The molecule has 17 heavy (non-hydrogen) atoms. The number of rotatable bonds is 1. The molecule has 0 bridgehead atoms. The predicted molar refractivity (Wildman–Crippen MR) is 64.2 cm³/mol. The van der Waals surface area contributed by atoms with Gasteiger partial charge in [0.1, 0.15) is 11.6 Å². The van der Waals surface area contributed by atoms with E-state index in [9.17, 15) is 0 Å². The monoisotopic (exact) mass is 232 g/mol. The van der Waals surface area contributed by atoms with E-state index in [1.165, 1.54) is 19.3 Å². The highest BCUT2D eigenvalue weighted by atomic mass is 15.3. The van der Waals surface area contributed by atoms with Gasteiger partial charge in [-0.2, -0.15) is 5.10 Å². The molecule has 1 aliphatic heterocycles. The van der Waals surface area contributed by atoms with Gasteiger partial charge in [0.15, 0.2) is 5.82 Å². The molecule has 0 atom stereocenters. The van der Waals surface area contributed by atoms with E-state index in [0.717, 1.165) is 30.2 Å². The topological polar surface area (TPSA) is 74.5 Å². The molecule has 0 amide bonds. The fourth-order valence-corrected chi connectivity index (χ4v) is 2.30. The highest BCUT2D eigenvalue weighted by Crippen LogP contribution is 2.26. The van der Waals surface area contributed by atoms with E-state index in [-0.39, 0.29) is 0 Å². The van der Waals surface area contributed by atoms with E-state index in [4.69, 9.17) is 5.73 Å². The fourth-order valence-electron chi connectivity index (χ4n) is 2.30. The van der Waals surface area contributed by atoms with E-state index in [2.05, 4.69) is 19.9 Å². The molecule has 3 rings (SSSR count). The molecular weight excluding hydrogens is 216 g/mol. The molecule has 0 aromatic carbocycles. The molecule has 2 aromatic heterocycles. The summed E-state index contributed by atoms with van der Waals surface area (Å²) in [5.74, 6) is 2.57. The molecule has 0 spiro atoms. The van der Waals surface area contributed by atoms with E-state index in [1.54, 1.807) is 10.9 Å². The van der Waals surface area contributed by atoms with Gasteiger partial charge in [-0.1, -0.05) is 6.42 Å². The Bertz CT molecular complexity index is 538. The molecule has 2 aromatic rings. The van der Waals surface area contributed by atoms with Crippen molar-refractivity contribution < 1.29 is 0 Å². The largest absolute Gasteiger partial charge is 0.383 e. The van der Waals surface area contributed by atoms with Crippen molar-refractivity contribution in [3.8, 4) is 11.4 Å². The van der Waals surface area contributed by atoms with Crippen LogP contribution in [0.4, 0.5) is 5.82 Å². The molecule has 6 heteroatoms. The molecular formula is C11H16N6. The van der Waals surface area contributed by atoms with Crippen LogP contribution < -0.4 is 5.73 Å². The van der Waals surface area contributed by atoms with Gasteiger partial charge < -0.3 is 10.3 Å². The third-order valence-electron chi connectivity index (χ3n) is 3.34. The molecule has 90 valence electrons. The van der Waals surface area contributed by atoms with E-state index < -0.39 is 0 Å². The number of hydrogen-bond donors (Lipinski definition) is 1. The molecule has 0 radical (unpaired) electrons. The Morgan fingerprint density at radius 1 is 1.24 bits per heavy atom. The van der Waals surface area contributed by atoms with E-state index in [0.29, 0.717) is 5.82 Å². The standard InChI is InChI=1S/C11H16N6/c1-16-10(12)8(7-13-16)11-15-14-9-5-3-2-4-6-17(9)11/h7H,2-6,12H2,1H3.